The molecule has 1 fully saturated rings. The van der Waals surface area contributed by atoms with Crippen LogP contribution in [0.2, 0.25) is 10.0 Å². The van der Waals surface area contributed by atoms with Crippen LogP contribution in [-0.4, -0.2) is 63.6 Å². The molecular formula is C26H25Cl2N3O5S. The first kappa shape index (κ1) is 25.7. The van der Waals surface area contributed by atoms with E-state index >= 15 is 0 Å². The molecule has 11 heteroatoms. The average molecular weight is 562 g/mol. The maximum absolute atomic E-state index is 13.6. The molecule has 0 atom stereocenters. The minimum atomic E-state index is -4.04. The number of hydrogen-bond donors (Lipinski definition) is 0. The Hall–Kier alpha value is -2.98. The molecule has 3 aromatic rings. The Kier molecular flexibility index (Phi) is 7.48. The maximum Gasteiger partial charge on any atom is 0.264 e. The molecule has 0 spiro atoms. The fourth-order valence-corrected chi connectivity index (χ4v) is 6.07. The summed E-state index contributed by atoms with van der Waals surface area (Å²) in [5.74, 6) is 1.21. The van der Waals surface area contributed by atoms with Gasteiger partial charge in [-0.25, -0.2) is 8.42 Å². The number of anilines is 1. The summed E-state index contributed by atoms with van der Waals surface area (Å²) in [6.07, 6.45) is 0. The first-order valence-electron chi connectivity index (χ1n) is 11.7. The van der Waals surface area contributed by atoms with Gasteiger partial charge in [-0.3, -0.25) is 14.0 Å². The van der Waals surface area contributed by atoms with Crippen molar-refractivity contribution in [3.05, 3.63) is 82.3 Å². The summed E-state index contributed by atoms with van der Waals surface area (Å²) in [4.78, 5) is 17.3. The Balaban J connectivity index is 1.27. The second-order valence-corrected chi connectivity index (χ2v) is 11.5. The zero-order chi connectivity index (χ0) is 26.0. The molecule has 37 heavy (non-hydrogen) atoms. The van der Waals surface area contributed by atoms with Crippen LogP contribution in [0.3, 0.4) is 0 Å². The molecule has 0 aliphatic carbocycles. The summed E-state index contributed by atoms with van der Waals surface area (Å²) in [6.45, 7) is 2.94. The molecule has 1 saturated heterocycles. The molecule has 5 rings (SSSR count). The van der Waals surface area contributed by atoms with Gasteiger partial charge in [0.1, 0.15) is 6.54 Å². The van der Waals surface area contributed by atoms with E-state index in [9.17, 15) is 13.2 Å². The van der Waals surface area contributed by atoms with Gasteiger partial charge >= 0.3 is 0 Å². The van der Waals surface area contributed by atoms with Crippen LogP contribution in [0.5, 0.6) is 11.5 Å². The Labute approximate surface area is 225 Å². The maximum atomic E-state index is 13.6. The molecule has 0 radical (unpaired) electrons. The lowest BCUT2D eigenvalue weighted by Gasteiger charge is -2.36. The molecule has 2 aliphatic rings. The molecule has 0 saturated carbocycles. The van der Waals surface area contributed by atoms with Gasteiger partial charge in [0.25, 0.3) is 10.0 Å². The quantitative estimate of drug-likeness (QED) is 0.428. The van der Waals surface area contributed by atoms with Crippen molar-refractivity contribution in [2.75, 3.05) is 43.8 Å². The molecule has 194 valence electrons. The third-order valence-electron chi connectivity index (χ3n) is 6.34. The normalized spacial score (nSPS) is 15.6. The summed E-state index contributed by atoms with van der Waals surface area (Å²) < 4.78 is 39.0. The van der Waals surface area contributed by atoms with Crippen molar-refractivity contribution < 1.29 is 22.7 Å². The largest absolute Gasteiger partial charge is 0.454 e. The van der Waals surface area contributed by atoms with Crippen molar-refractivity contribution in [3.63, 3.8) is 0 Å². The molecule has 8 nitrogen and oxygen atoms in total. The fourth-order valence-electron chi connectivity index (χ4n) is 4.36. The SMILES string of the molecule is O=C(CN(c1cccc(Cl)c1)S(=O)(=O)c1ccc(Cl)cc1)N1CCN(Cc2ccc3c(c2)OCO3)CC1. The smallest absolute Gasteiger partial charge is 0.264 e. The molecule has 0 N–H and O–H groups in total. The third-order valence-corrected chi connectivity index (χ3v) is 8.62. The molecule has 0 bridgehead atoms. The van der Waals surface area contributed by atoms with Crippen LogP contribution < -0.4 is 13.8 Å². The molecular weight excluding hydrogens is 537 g/mol. The number of rotatable bonds is 7. The van der Waals surface area contributed by atoms with Crippen LogP contribution in [0.25, 0.3) is 0 Å². The number of nitrogens with zero attached hydrogens (tertiary/aromatic N) is 3. The average Bonchev–Trinajstić information content (AvgIpc) is 3.36. The summed E-state index contributed by atoms with van der Waals surface area (Å²) in [6, 6.07) is 18.2. The number of halogens is 2. The Morgan fingerprint density at radius 3 is 2.32 bits per heavy atom. The van der Waals surface area contributed by atoms with Gasteiger partial charge in [-0.1, -0.05) is 35.3 Å². The van der Waals surface area contributed by atoms with Crippen LogP contribution >= 0.6 is 23.2 Å². The fraction of sp³-hybridized carbons (Fsp3) is 0.269. The lowest BCUT2D eigenvalue weighted by molar-refractivity contribution is -0.131. The van der Waals surface area contributed by atoms with E-state index in [0.29, 0.717) is 41.9 Å². The highest BCUT2D eigenvalue weighted by molar-refractivity contribution is 7.92. The van der Waals surface area contributed by atoms with Crippen LogP contribution in [0.4, 0.5) is 5.69 Å². The first-order valence-corrected chi connectivity index (χ1v) is 13.9. The zero-order valence-corrected chi connectivity index (χ0v) is 22.2. The van der Waals surface area contributed by atoms with Crippen molar-refractivity contribution >= 4 is 44.8 Å². The zero-order valence-electron chi connectivity index (χ0n) is 19.8. The molecule has 2 aliphatic heterocycles. The Morgan fingerprint density at radius 1 is 0.865 bits per heavy atom. The summed E-state index contributed by atoms with van der Waals surface area (Å²) in [7, 11) is -4.04. The minimum Gasteiger partial charge on any atom is -0.454 e. The van der Waals surface area contributed by atoms with Crippen molar-refractivity contribution in [2.45, 2.75) is 11.4 Å². The molecule has 0 aromatic heterocycles. The van der Waals surface area contributed by atoms with E-state index in [0.717, 1.165) is 27.9 Å². The number of carbonyl (C=O) groups excluding carboxylic acids is 1. The molecule has 1 amide bonds. The lowest BCUT2D eigenvalue weighted by Crippen LogP contribution is -2.51. The van der Waals surface area contributed by atoms with E-state index in [2.05, 4.69) is 4.90 Å². The summed E-state index contributed by atoms with van der Waals surface area (Å²) >= 11 is 12.1. The van der Waals surface area contributed by atoms with E-state index in [-0.39, 0.29) is 24.1 Å². The van der Waals surface area contributed by atoms with Crippen molar-refractivity contribution in [1.29, 1.82) is 0 Å². The summed E-state index contributed by atoms with van der Waals surface area (Å²) in [5.41, 5.74) is 1.42. The van der Waals surface area contributed by atoms with Gasteiger partial charge in [0.15, 0.2) is 11.5 Å². The Bertz CT molecular complexity index is 1390. The van der Waals surface area contributed by atoms with Gasteiger partial charge in [0, 0.05) is 42.8 Å². The van der Waals surface area contributed by atoms with E-state index in [1.807, 2.05) is 18.2 Å². The van der Waals surface area contributed by atoms with Gasteiger partial charge in [-0.2, -0.15) is 0 Å². The number of sulfonamides is 1. The van der Waals surface area contributed by atoms with Crippen molar-refractivity contribution in [2.24, 2.45) is 0 Å². The number of hydrogen-bond acceptors (Lipinski definition) is 6. The lowest BCUT2D eigenvalue weighted by atomic mass is 10.1. The number of ether oxygens (including phenoxy) is 2. The number of benzene rings is 3. The van der Waals surface area contributed by atoms with Crippen LogP contribution in [0, 0.1) is 0 Å². The standard InChI is InChI=1S/C26H25Cl2N3O5S/c27-20-5-7-23(8-6-20)37(33,34)31(22-3-1-2-21(28)15-22)17-26(32)30-12-10-29(11-13-30)16-19-4-9-24-25(14-19)36-18-35-24/h1-9,14-15H,10-13,16-18H2. The third kappa shape index (κ3) is 5.80. The Morgan fingerprint density at radius 2 is 1.59 bits per heavy atom. The van der Waals surface area contributed by atoms with E-state index in [1.54, 1.807) is 23.1 Å². The molecule has 3 aromatic carbocycles. The van der Waals surface area contributed by atoms with Crippen LogP contribution in [0.15, 0.2) is 71.6 Å². The van der Waals surface area contributed by atoms with Gasteiger partial charge in [-0.05, 0) is 60.2 Å². The molecule has 2 heterocycles. The van der Waals surface area contributed by atoms with E-state index in [4.69, 9.17) is 32.7 Å². The van der Waals surface area contributed by atoms with E-state index in [1.165, 1.54) is 30.3 Å². The number of amides is 1. The number of fused-ring (bicyclic) bond motifs is 1. The highest BCUT2D eigenvalue weighted by Gasteiger charge is 2.30. The molecule has 0 unspecified atom stereocenters. The predicted octanol–water partition coefficient (Wildman–Crippen LogP) is 4.26. The summed E-state index contributed by atoms with van der Waals surface area (Å²) in [5, 5.41) is 0.793. The second kappa shape index (κ2) is 10.8. The van der Waals surface area contributed by atoms with Gasteiger partial charge in [0.05, 0.1) is 10.6 Å². The second-order valence-electron chi connectivity index (χ2n) is 8.79. The van der Waals surface area contributed by atoms with Crippen molar-refractivity contribution in [1.82, 2.24) is 9.80 Å². The monoisotopic (exact) mass is 561 g/mol. The van der Waals surface area contributed by atoms with E-state index < -0.39 is 10.0 Å². The number of carbonyl (C=O) groups is 1. The van der Waals surface area contributed by atoms with Gasteiger partial charge < -0.3 is 14.4 Å². The van der Waals surface area contributed by atoms with Crippen molar-refractivity contribution in [3.8, 4) is 11.5 Å². The number of piperazine rings is 1. The van der Waals surface area contributed by atoms with Crippen LogP contribution in [0.1, 0.15) is 5.56 Å². The predicted molar refractivity (Wildman–Crippen MR) is 142 cm³/mol. The van der Waals surface area contributed by atoms with Gasteiger partial charge in [0.2, 0.25) is 12.7 Å². The van der Waals surface area contributed by atoms with Crippen LogP contribution in [-0.2, 0) is 21.4 Å². The van der Waals surface area contributed by atoms with Gasteiger partial charge in [-0.15, -0.1) is 0 Å². The highest BCUT2D eigenvalue weighted by Crippen LogP contribution is 2.33. The minimum absolute atomic E-state index is 0.0400. The topological polar surface area (TPSA) is 79.4 Å². The highest BCUT2D eigenvalue weighted by atomic mass is 35.5. The first-order chi connectivity index (χ1) is 17.8.